The van der Waals surface area contributed by atoms with Gasteiger partial charge in [0.05, 0.1) is 18.5 Å². The molecule has 1 saturated heterocycles. The van der Waals surface area contributed by atoms with Crippen LogP contribution in [0, 0.1) is 10.8 Å². The highest BCUT2D eigenvalue weighted by Gasteiger charge is 2.23. The molecule has 0 aliphatic carbocycles. The van der Waals surface area contributed by atoms with Gasteiger partial charge in [-0.3, -0.25) is 10.00 Å². The van der Waals surface area contributed by atoms with Crippen LogP contribution in [0.25, 0.3) is 0 Å². The van der Waals surface area contributed by atoms with Crippen molar-refractivity contribution < 1.29 is 19.0 Å². The largest absolute Gasteiger partial charge is 0.445 e. The summed E-state index contributed by atoms with van der Waals surface area (Å²) in [7, 11) is 0. The summed E-state index contributed by atoms with van der Waals surface area (Å²) in [6.07, 6.45) is 7.93. The monoisotopic (exact) mass is 523 g/mol. The molecule has 1 aromatic rings. The predicted molar refractivity (Wildman–Crippen MR) is 130 cm³/mol. The molecule has 0 saturated carbocycles. The number of alkyl halides is 3. The third-order valence-corrected chi connectivity index (χ3v) is 4.91. The fourth-order valence-corrected chi connectivity index (χ4v) is 2.91. The molecule has 0 bridgehead atoms. The van der Waals surface area contributed by atoms with Gasteiger partial charge in [-0.05, 0) is 25.7 Å². The van der Waals surface area contributed by atoms with Crippen LogP contribution in [0.4, 0.5) is 10.5 Å². The van der Waals surface area contributed by atoms with Crippen LogP contribution in [0.2, 0.25) is 0 Å². The number of hydrogen-bond donors (Lipinski definition) is 3. The number of rotatable bonds is 10. The van der Waals surface area contributed by atoms with E-state index in [4.69, 9.17) is 54.4 Å². The number of anilines is 1. The minimum atomic E-state index is -1.72. The lowest BCUT2D eigenvalue weighted by Gasteiger charge is -2.22. The summed E-state index contributed by atoms with van der Waals surface area (Å²) in [5.41, 5.74) is 0.491. The van der Waals surface area contributed by atoms with E-state index < -0.39 is 21.9 Å². The van der Waals surface area contributed by atoms with E-state index in [1.54, 1.807) is 17.1 Å². The highest BCUT2D eigenvalue weighted by atomic mass is 35.6. The van der Waals surface area contributed by atoms with Crippen molar-refractivity contribution in [3.8, 4) is 0 Å². The highest BCUT2D eigenvalue weighted by molar-refractivity contribution is 6.67. The Morgan fingerprint density at radius 2 is 2.12 bits per heavy atom. The van der Waals surface area contributed by atoms with Gasteiger partial charge < -0.3 is 24.9 Å². The van der Waals surface area contributed by atoms with Gasteiger partial charge >= 0.3 is 6.09 Å². The molecule has 1 amide bonds. The van der Waals surface area contributed by atoms with Crippen molar-refractivity contribution in [2.45, 2.75) is 63.1 Å². The topological polar surface area (TPSA) is 110 Å². The van der Waals surface area contributed by atoms with E-state index in [0.29, 0.717) is 24.6 Å². The number of hydrogen-bond acceptors (Lipinski definition) is 7. The molecule has 2 heterocycles. The minimum absolute atomic E-state index is 0.105. The smallest absolute Gasteiger partial charge is 0.412 e. The first-order chi connectivity index (χ1) is 15.4. The van der Waals surface area contributed by atoms with Gasteiger partial charge in [-0.25, -0.2) is 4.79 Å². The summed E-state index contributed by atoms with van der Waals surface area (Å²) in [5.74, 6) is 0.238. The van der Waals surface area contributed by atoms with Crippen LogP contribution in [0.5, 0.6) is 0 Å². The Morgan fingerprint density at radius 3 is 2.76 bits per heavy atom. The second kappa shape index (κ2) is 12.8. The van der Waals surface area contributed by atoms with Crippen LogP contribution >= 0.6 is 34.8 Å². The summed E-state index contributed by atoms with van der Waals surface area (Å²) >= 11 is 16.9. The molecule has 1 aromatic heterocycles. The van der Waals surface area contributed by atoms with Crippen LogP contribution in [0.1, 0.15) is 46.5 Å². The molecule has 2 rings (SSSR count). The maximum Gasteiger partial charge on any atom is 0.412 e. The van der Waals surface area contributed by atoms with Gasteiger partial charge in [0.1, 0.15) is 12.4 Å². The number of alkyl carbamates (subject to hydrolysis) is 1. The molecule has 0 radical (unpaired) electrons. The molecule has 1 aliphatic heterocycles. The highest BCUT2D eigenvalue weighted by Crippen LogP contribution is 2.26. The number of carbonyl (C=O) groups is 1. The molecule has 0 aromatic carbocycles. The first-order valence-corrected chi connectivity index (χ1v) is 11.9. The Morgan fingerprint density at radius 1 is 1.36 bits per heavy atom. The number of ether oxygens (including phenoxy) is 3. The normalized spacial score (nSPS) is 17.5. The van der Waals surface area contributed by atoms with Crippen LogP contribution < -0.4 is 10.6 Å². The summed E-state index contributed by atoms with van der Waals surface area (Å²) in [4.78, 5) is 12.1. The van der Waals surface area contributed by atoms with Crippen LogP contribution in [-0.4, -0.2) is 51.5 Å². The van der Waals surface area contributed by atoms with E-state index in [1.807, 2.05) is 20.8 Å². The maximum absolute atomic E-state index is 12.1. The average molecular weight is 525 g/mol. The molecule has 186 valence electrons. The van der Waals surface area contributed by atoms with Gasteiger partial charge in [0.15, 0.2) is 6.29 Å². The molecule has 1 aliphatic rings. The van der Waals surface area contributed by atoms with Gasteiger partial charge in [-0.1, -0.05) is 55.6 Å². The number of nitrogens with one attached hydrogen (secondary N) is 3. The van der Waals surface area contributed by atoms with Crippen molar-refractivity contribution in [3.63, 3.8) is 0 Å². The number of aryl methyl sites for hydroxylation is 1. The standard InChI is InChI=1S/C21H32Cl3N5O4/c1-20(2,3)16(25)11-17(28-19(30)33-14-21(22,23)24)27-15-12-26-29(13-15)8-6-10-32-18-7-4-5-9-31-18/h11-13,18,25,27H,4-10,14H2,1-3H3,(H,28,30)/b17-11+,25-16?. The fraction of sp³-hybridized carbons (Fsp3) is 0.667. The summed E-state index contributed by atoms with van der Waals surface area (Å²) in [5, 5.41) is 18.2. The molecule has 1 unspecified atom stereocenters. The second-order valence-electron chi connectivity index (χ2n) is 8.68. The SMILES string of the molecule is CC(C)(C)C(=N)/C=C(/NC(=O)OCC(Cl)(Cl)Cl)Nc1cnn(CCCOC2CCCCO2)c1. The Kier molecular flexibility index (Phi) is 10.8. The lowest BCUT2D eigenvalue weighted by Crippen LogP contribution is -2.31. The number of halogens is 3. The summed E-state index contributed by atoms with van der Waals surface area (Å²) in [6, 6.07) is 0. The van der Waals surface area contributed by atoms with Gasteiger partial charge in [0.2, 0.25) is 3.79 Å². The molecule has 33 heavy (non-hydrogen) atoms. The first-order valence-electron chi connectivity index (χ1n) is 10.8. The Bertz CT molecular complexity index is 812. The minimum Gasteiger partial charge on any atom is -0.445 e. The predicted octanol–water partition coefficient (Wildman–Crippen LogP) is 5.23. The summed E-state index contributed by atoms with van der Waals surface area (Å²) < 4.78 is 16.3. The number of allylic oxidation sites excluding steroid dienone is 1. The molecule has 1 fully saturated rings. The maximum atomic E-state index is 12.1. The zero-order valence-electron chi connectivity index (χ0n) is 19.1. The fourth-order valence-electron chi connectivity index (χ4n) is 2.75. The lowest BCUT2D eigenvalue weighted by molar-refractivity contribution is -0.163. The van der Waals surface area contributed by atoms with Crippen LogP contribution in [-0.2, 0) is 20.8 Å². The van der Waals surface area contributed by atoms with E-state index in [1.165, 1.54) is 6.08 Å². The molecule has 12 heteroatoms. The zero-order valence-corrected chi connectivity index (χ0v) is 21.4. The summed E-state index contributed by atoms with van der Waals surface area (Å²) in [6.45, 7) is 7.25. The van der Waals surface area contributed by atoms with Gasteiger partial charge in [0.25, 0.3) is 0 Å². The average Bonchev–Trinajstić information content (AvgIpc) is 3.16. The number of carbonyl (C=O) groups excluding carboxylic acids is 1. The van der Waals surface area contributed by atoms with Gasteiger partial charge in [-0.15, -0.1) is 0 Å². The first kappa shape index (κ1) is 27.7. The van der Waals surface area contributed by atoms with E-state index >= 15 is 0 Å². The molecule has 9 nitrogen and oxygen atoms in total. The zero-order chi connectivity index (χ0) is 24.5. The van der Waals surface area contributed by atoms with Crippen molar-refractivity contribution >= 4 is 52.3 Å². The van der Waals surface area contributed by atoms with Gasteiger partial charge in [0, 0.05) is 36.6 Å². The Balaban J connectivity index is 1.92. The third-order valence-electron chi connectivity index (χ3n) is 4.59. The Labute approximate surface area is 209 Å². The van der Waals surface area contributed by atoms with E-state index in [-0.39, 0.29) is 12.1 Å². The Hall–Kier alpha value is -1.52. The second-order valence-corrected chi connectivity index (χ2v) is 11.2. The quantitative estimate of drug-likeness (QED) is 0.219. The van der Waals surface area contributed by atoms with E-state index in [9.17, 15) is 4.79 Å². The van der Waals surface area contributed by atoms with Crippen molar-refractivity contribution in [2.24, 2.45) is 5.41 Å². The van der Waals surface area contributed by atoms with E-state index in [0.717, 1.165) is 32.3 Å². The lowest BCUT2D eigenvalue weighted by atomic mass is 9.90. The van der Waals surface area contributed by atoms with Crippen molar-refractivity contribution in [1.29, 1.82) is 5.41 Å². The van der Waals surface area contributed by atoms with Crippen LogP contribution in [0.3, 0.4) is 0 Å². The van der Waals surface area contributed by atoms with Crippen molar-refractivity contribution in [1.82, 2.24) is 15.1 Å². The van der Waals surface area contributed by atoms with Crippen molar-refractivity contribution in [3.05, 3.63) is 24.3 Å². The molecular weight excluding hydrogens is 493 g/mol. The molecular formula is C21H32Cl3N5O4. The van der Waals surface area contributed by atoms with Gasteiger partial charge in [-0.2, -0.15) is 5.10 Å². The third kappa shape index (κ3) is 11.4. The molecule has 1 atom stereocenters. The van der Waals surface area contributed by atoms with E-state index in [2.05, 4.69) is 15.7 Å². The number of nitrogens with zero attached hydrogens (tertiary/aromatic N) is 2. The number of aromatic nitrogens is 2. The van der Waals surface area contributed by atoms with Crippen molar-refractivity contribution in [2.75, 3.05) is 25.1 Å². The molecule has 3 N–H and O–H groups in total. The number of amides is 1. The molecule has 0 spiro atoms. The van der Waals surface area contributed by atoms with Crippen LogP contribution in [0.15, 0.2) is 24.3 Å².